The van der Waals surface area contributed by atoms with Gasteiger partial charge in [-0.15, -0.1) is 5.10 Å². The zero-order valence-electron chi connectivity index (χ0n) is 22.2. The van der Waals surface area contributed by atoms with Crippen molar-refractivity contribution in [1.82, 2.24) is 10.2 Å². The molecule has 3 aromatic rings. The number of carbonyl (C=O) groups is 1. The standard InChI is InChI=1S/C29H33F3N4O3/c1-4-36(28(35-33)34-18-20-9-7-6-8-10-20)19-22-17-23(29(30,31)32)12-13-24(22)25-15-21(11-14-26(25)38-3)16-27(37)39-5-2/h6-15,17H,4-5,16,18-19,33H2,1-3H3,(H,34,35). The van der Waals surface area contributed by atoms with Crippen molar-refractivity contribution in [2.75, 3.05) is 20.3 Å². The fourth-order valence-electron chi connectivity index (χ4n) is 4.18. The molecule has 39 heavy (non-hydrogen) atoms. The van der Waals surface area contributed by atoms with E-state index in [1.165, 1.54) is 13.2 Å². The number of rotatable bonds is 10. The number of hydrogen-bond acceptors (Lipinski definition) is 5. The Bertz CT molecular complexity index is 1280. The number of nitrogens with one attached hydrogen (secondary N) is 1. The number of carbonyl (C=O) groups excluding carboxylic acids is 1. The average molecular weight is 543 g/mol. The van der Waals surface area contributed by atoms with Crippen LogP contribution in [0.25, 0.3) is 11.1 Å². The average Bonchev–Trinajstić information content (AvgIpc) is 2.92. The molecule has 0 atom stereocenters. The second-order valence-electron chi connectivity index (χ2n) is 8.69. The van der Waals surface area contributed by atoms with Crippen LogP contribution in [-0.4, -0.2) is 37.1 Å². The summed E-state index contributed by atoms with van der Waals surface area (Å²) >= 11 is 0. The second-order valence-corrected chi connectivity index (χ2v) is 8.69. The van der Waals surface area contributed by atoms with Crippen LogP contribution in [-0.2, 0) is 35.2 Å². The van der Waals surface area contributed by atoms with Gasteiger partial charge in [-0.3, -0.25) is 4.79 Å². The molecule has 0 saturated heterocycles. The maximum atomic E-state index is 13.7. The van der Waals surface area contributed by atoms with E-state index in [9.17, 15) is 18.0 Å². The molecule has 3 N–H and O–H groups in total. The molecule has 0 fully saturated rings. The number of hydrazone groups is 1. The lowest BCUT2D eigenvalue weighted by Gasteiger charge is -2.27. The highest BCUT2D eigenvalue weighted by atomic mass is 19.4. The summed E-state index contributed by atoms with van der Waals surface area (Å²) in [6.07, 6.45) is -4.51. The highest BCUT2D eigenvalue weighted by Gasteiger charge is 2.31. The largest absolute Gasteiger partial charge is 0.496 e. The van der Waals surface area contributed by atoms with Crippen LogP contribution in [0.2, 0.25) is 0 Å². The zero-order valence-corrected chi connectivity index (χ0v) is 22.2. The van der Waals surface area contributed by atoms with Gasteiger partial charge in [0.15, 0.2) is 0 Å². The Morgan fingerprint density at radius 2 is 1.74 bits per heavy atom. The van der Waals surface area contributed by atoms with Crippen LogP contribution in [0.3, 0.4) is 0 Å². The van der Waals surface area contributed by atoms with Crippen LogP contribution in [0.5, 0.6) is 5.75 Å². The third kappa shape index (κ3) is 7.89. The molecule has 3 rings (SSSR count). The van der Waals surface area contributed by atoms with Gasteiger partial charge in [0.1, 0.15) is 5.75 Å². The Hall–Kier alpha value is -4.21. The Kier molecular flexibility index (Phi) is 10.2. The molecular formula is C29H33F3N4O3. The van der Waals surface area contributed by atoms with E-state index in [1.54, 1.807) is 30.0 Å². The van der Waals surface area contributed by atoms with E-state index < -0.39 is 17.7 Å². The Morgan fingerprint density at radius 3 is 2.36 bits per heavy atom. The van der Waals surface area contributed by atoms with E-state index in [4.69, 9.17) is 15.3 Å². The van der Waals surface area contributed by atoms with Gasteiger partial charge in [-0.1, -0.05) is 42.5 Å². The van der Waals surface area contributed by atoms with Crippen molar-refractivity contribution in [3.8, 4) is 16.9 Å². The van der Waals surface area contributed by atoms with Gasteiger partial charge in [-0.2, -0.15) is 13.2 Å². The lowest BCUT2D eigenvalue weighted by Crippen LogP contribution is -2.41. The summed E-state index contributed by atoms with van der Waals surface area (Å²) in [6, 6.07) is 18.4. The van der Waals surface area contributed by atoms with Crippen LogP contribution in [0.1, 0.15) is 36.1 Å². The van der Waals surface area contributed by atoms with Gasteiger partial charge >= 0.3 is 12.1 Å². The molecule has 0 aliphatic rings. The number of esters is 1. The lowest BCUT2D eigenvalue weighted by molar-refractivity contribution is -0.142. The van der Waals surface area contributed by atoms with Crippen molar-refractivity contribution in [3.05, 3.63) is 89.0 Å². The van der Waals surface area contributed by atoms with Crippen molar-refractivity contribution in [2.24, 2.45) is 10.9 Å². The molecule has 10 heteroatoms. The lowest BCUT2D eigenvalue weighted by atomic mass is 9.94. The third-order valence-electron chi connectivity index (χ3n) is 6.10. The molecule has 0 aliphatic heterocycles. The summed E-state index contributed by atoms with van der Waals surface area (Å²) in [4.78, 5) is 13.8. The van der Waals surface area contributed by atoms with E-state index in [2.05, 4.69) is 10.4 Å². The smallest absolute Gasteiger partial charge is 0.416 e. The fraction of sp³-hybridized carbons (Fsp3) is 0.310. The number of guanidine groups is 1. The first-order valence-corrected chi connectivity index (χ1v) is 12.5. The highest BCUT2D eigenvalue weighted by molar-refractivity contribution is 5.81. The molecule has 7 nitrogen and oxygen atoms in total. The summed E-state index contributed by atoms with van der Waals surface area (Å²) in [5, 5.41) is 7.05. The van der Waals surface area contributed by atoms with E-state index >= 15 is 0 Å². The fourth-order valence-corrected chi connectivity index (χ4v) is 4.18. The van der Waals surface area contributed by atoms with Crippen LogP contribution in [0.15, 0.2) is 71.8 Å². The molecule has 0 unspecified atom stereocenters. The highest BCUT2D eigenvalue weighted by Crippen LogP contribution is 2.38. The first kappa shape index (κ1) is 29.3. The molecule has 0 aliphatic carbocycles. The minimum atomic E-state index is -4.53. The van der Waals surface area contributed by atoms with Gasteiger partial charge in [0.25, 0.3) is 0 Å². The van der Waals surface area contributed by atoms with Crippen molar-refractivity contribution in [3.63, 3.8) is 0 Å². The SMILES string of the molecule is CCOC(=O)Cc1ccc(OC)c(-c2ccc(C(F)(F)F)cc2CN(CC)/C(=N/N)NCc2ccccc2)c1. The summed E-state index contributed by atoms with van der Waals surface area (Å²) in [5.41, 5.74) is 2.35. The predicted octanol–water partition coefficient (Wildman–Crippen LogP) is 5.33. The van der Waals surface area contributed by atoms with Crippen LogP contribution < -0.4 is 15.9 Å². The Labute approximate surface area is 226 Å². The first-order valence-electron chi connectivity index (χ1n) is 12.5. The normalized spacial score (nSPS) is 11.7. The number of benzene rings is 3. The number of nitrogens with two attached hydrogens (primary N) is 1. The first-order chi connectivity index (χ1) is 18.7. The molecule has 0 spiro atoms. The molecular weight excluding hydrogens is 509 g/mol. The van der Waals surface area contributed by atoms with Crippen LogP contribution >= 0.6 is 0 Å². The van der Waals surface area contributed by atoms with Crippen molar-refractivity contribution in [1.29, 1.82) is 0 Å². The molecule has 208 valence electrons. The second kappa shape index (κ2) is 13.5. The molecule has 0 saturated carbocycles. The van der Waals surface area contributed by atoms with E-state index in [0.717, 1.165) is 17.7 Å². The van der Waals surface area contributed by atoms with Crippen LogP contribution in [0, 0.1) is 0 Å². The Morgan fingerprint density at radius 1 is 1.00 bits per heavy atom. The van der Waals surface area contributed by atoms with Gasteiger partial charge in [-0.25, -0.2) is 0 Å². The quantitative estimate of drug-likeness (QED) is 0.118. The predicted molar refractivity (Wildman–Crippen MR) is 145 cm³/mol. The van der Waals surface area contributed by atoms with Gasteiger partial charge in [0, 0.05) is 25.2 Å². The maximum absolute atomic E-state index is 13.7. The summed E-state index contributed by atoms with van der Waals surface area (Å²) in [5.74, 6) is 6.10. The molecule has 0 aromatic heterocycles. The molecule has 0 heterocycles. The maximum Gasteiger partial charge on any atom is 0.416 e. The summed E-state index contributed by atoms with van der Waals surface area (Å²) in [7, 11) is 1.48. The summed E-state index contributed by atoms with van der Waals surface area (Å²) in [6.45, 7) is 4.78. The van der Waals surface area contributed by atoms with Crippen molar-refractivity contribution >= 4 is 11.9 Å². The number of ether oxygens (including phenoxy) is 2. The molecule has 3 aromatic carbocycles. The Balaban J connectivity index is 2.02. The van der Waals surface area contributed by atoms with Gasteiger partial charge in [0.2, 0.25) is 5.96 Å². The summed E-state index contributed by atoms with van der Waals surface area (Å²) < 4.78 is 51.8. The van der Waals surface area contributed by atoms with Crippen molar-refractivity contribution in [2.45, 2.75) is 39.5 Å². The number of methoxy groups -OCH3 is 1. The van der Waals surface area contributed by atoms with Gasteiger partial charge in [0.05, 0.1) is 25.7 Å². The molecule has 0 amide bonds. The minimum absolute atomic E-state index is 0.0231. The monoisotopic (exact) mass is 542 g/mol. The minimum Gasteiger partial charge on any atom is -0.496 e. The molecule has 0 radical (unpaired) electrons. The topological polar surface area (TPSA) is 89.2 Å². The number of halogens is 3. The van der Waals surface area contributed by atoms with Crippen LogP contribution in [0.4, 0.5) is 13.2 Å². The van der Waals surface area contributed by atoms with Gasteiger partial charge < -0.3 is 25.5 Å². The van der Waals surface area contributed by atoms with E-state index in [1.807, 2.05) is 37.3 Å². The van der Waals surface area contributed by atoms with Gasteiger partial charge in [-0.05, 0) is 60.4 Å². The zero-order chi connectivity index (χ0) is 28.4. The van der Waals surface area contributed by atoms with E-state index in [-0.39, 0.29) is 19.6 Å². The number of nitrogens with zero attached hydrogens (tertiary/aromatic N) is 2. The number of hydrogen-bond donors (Lipinski definition) is 2. The number of alkyl halides is 3. The van der Waals surface area contributed by atoms with E-state index in [0.29, 0.717) is 47.1 Å². The van der Waals surface area contributed by atoms with Crippen molar-refractivity contribution < 1.29 is 27.4 Å². The molecule has 0 bridgehead atoms. The third-order valence-corrected chi connectivity index (χ3v) is 6.10.